The number of ether oxygens (including phenoxy) is 1. The summed E-state index contributed by atoms with van der Waals surface area (Å²) in [4.78, 5) is 11.8. The third-order valence-corrected chi connectivity index (χ3v) is 6.34. The Morgan fingerprint density at radius 3 is 2.61 bits per heavy atom. The minimum absolute atomic E-state index is 0. The normalized spacial score (nSPS) is 18.6. The molecule has 1 saturated heterocycles. The van der Waals surface area contributed by atoms with Gasteiger partial charge in [0.15, 0.2) is 23.3 Å². The van der Waals surface area contributed by atoms with E-state index >= 15 is 0 Å². The summed E-state index contributed by atoms with van der Waals surface area (Å²) in [6.07, 6.45) is 7.75. The van der Waals surface area contributed by atoms with Crippen molar-refractivity contribution in [2.45, 2.75) is 39.7 Å². The van der Waals surface area contributed by atoms with Gasteiger partial charge in [-0.25, -0.2) is 18.2 Å². The van der Waals surface area contributed by atoms with Crippen molar-refractivity contribution in [2.24, 2.45) is 5.16 Å². The molecular weight excluding hydrogens is 469 g/mol. The lowest BCUT2D eigenvalue weighted by atomic mass is 9.95. The predicted octanol–water partition coefficient (Wildman–Crippen LogP) is 6.20. The molecule has 5 rings (SSSR count). The molecule has 3 aromatic rings. The summed E-state index contributed by atoms with van der Waals surface area (Å²) in [5.41, 5.74) is 4.00. The highest BCUT2D eigenvalue weighted by Crippen LogP contribution is 2.35. The van der Waals surface area contributed by atoms with E-state index in [2.05, 4.69) is 10.1 Å². The average molecular weight is 499 g/mol. The number of fused-ring (bicyclic) bond motifs is 1. The number of amidine groups is 1. The second kappa shape index (κ2) is 10.5. The lowest BCUT2D eigenvalue weighted by Gasteiger charge is -2.36. The summed E-state index contributed by atoms with van der Waals surface area (Å²) in [6, 6.07) is 7.63. The predicted molar refractivity (Wildman–Crippen MR) is 133 cm³/mol. The van der Waals surface area contributed by atoms with Gasteiger partial charge in [-0.05, 0) is 66.8 Å². The first-order valence-corrected chi connectivity index (χ1v) is 11.5. The largest absolute Gasteiger partial charge is 0.495 e. The molecule has 0 N–H and O–H groups in total. The van der Waals surface area contributed by atoms with Gasteiger partial charge in [0.05, 0.1) is 30.9 Å². The van der Waals surface area contributed by atoms with Gasteiger partial charge in [0.2, 0.25) is 0 Å². The SMILES string of the molecule is C.COc1cc(/C=C2\CCCN3C2=NOCCC3c2cc(F)c(F)c(F)c2)ccc1-n1cnc(C)c1. The number of nitrogens with zero attached hydrogens (tertiary/aromatic N) is 4. The van der Waals surface area contributed by atoms with Crippen LogP contribution in [0.25, 0.3) is 11.8 Å². The van der Waals surface area contributed by atoms with Crippen molar-refractivity contribution in [2.75, 3.05) is 20.3 Å². The zero-order chi connectivity index (χ0) is 24.5. The fourth-order valence-electron chi connectivity index (χ4n) is 4.69. The van der Waals surface area contributed by atoms with Crippen molar-refractivity contribution in [1.82, 2.24) is 14.5 Å². The number of aromatic nitrogens is 2. The molecule has 0 saturated carbocycles. The summed E-state index contributed by atoms with van der Waals surface area (Å²) < 4.78 is 49.1. The van der Waals surface area contributed by atoms with Crippen LogP contribution in [0.2, 0.25) is 0 Å². The Labute approximate surface area is 208 Å². The minimum atomic E-state index is -1.46. The molecule has 1 atom stereocenters. The first-order valence-electron chi connectivity index (χ1n) is 11.5. The summed E-state index contributed by atoms with van der Waals surface area (Å²) in [6.45, 7) is 2.85. The molecule has 2 aromatic carbocycles. The number of imidazole rings is 1. The molecule has 36 heavy (non-hydrogen) atoms. The number of hydrogen-bond donors (Lipinski definition) is 0. The maximum atomic E-state index is 14.0. The molecule has 1 unspecified atom stereocenters. The number of hydrogen-bond acceptors (Lipinski definition) is 5. The summed E-state index contributed by atoms with van der Waals surface area (Å²) >= 11 is 0. The maximum Gasteiger partial charge on any atom is 0.194 e. The van der Waals surface area contributed by atoms with Gasteiger partial charge >= 0.3 is 0 Å². The third-order valence-electron chi connectivity index (χ3n) is 6.34. The van der Waals surface area contributed by atoms with Crippen molar-refractivity contribution in [1.29, 1.82) is 0 Å². The van der Waals surface area contributed by atoms with Crippen LogP contribution in [0, 0.1) is 24.4 Å². The lowest BCUT2D eigenvalue weighted by Crippen LogP contribution is -2.39. The van der Waals surface area contributed by atoms with Gasteiger partial charge in [-0.1, -0.05) is 18.6 Å². The molecule has 0 bridgehead atoms. The highest BCUT2D eigenvalue weighted by atomic mass is 19.2. The van der Waals surface area contributed by atoms with Crippen LogP contribution in [-0.4, -0.2) is 40.5 Å². The standard InChI is InChI=1S/C26H25F3N4O2.CH4/c1-16-14-32(15-30-16)23-6-5-17(11-24(23)34-2)10-18-4-3-8-33-22(7-9-35-31-26(18)33)19-12-20(27)25(29)21(28)13-19;/h5-6,10-15,22H,3-4,7-9H2,1-2H3;1H4/b18-10+;. The van der Waals surface area contributed by atoms with Crippen LogP contribution in [0.3, 0.4) is 0 Å². The van der Waals surface area contributed by atoms with Crippen LogP contribution in [0.4, 0.5) is 13.2 Å². The van der Waals surface area contributed by atoms with Crippen molar-refractivity contribution in [3.8, 4) is 11.4 Å². The van der Waals surface area contributed by atoms with E-state index in [4.69, 9.17) is 9.57 Å². The van der Waals surface area contributed by atoms with E-state index in [1.807, 2.05) is 46.9 Å². The molecule has 0 radical (unpaired) electrons. The number of rotatable bonds is 4. The Morgan fingerprint density at radius 1 is 1.14 bits per heavy atom. The lowest BCUT2D eigenvalue weighted by molar-refractivity contribution is 0.140. The second-order valence-electron chi connectivity index (χ2n) is 8.67. The van der Waals surface area contributed by atoms with Gasteiger partial charge in [-0.3, -0.25) is 0 Å². The fourth-order valence-corrected chi connectivity index (χ4v) is 4.69. The molecule has 1 fully saturated rings. The van der Waals surface area contributed by atoms with Crippen LogP contribution in [0.5, 0.6) is 5.75 Å². The molecule has 0 amide bonds. The first-order chi connectivity index (χ1) is 16.9. The molecule has 0 aliphatic carbocycles. The Balaban J connectivity index is 0.00000304. The van der Waals surface area contributed by atoms with E-state index in [0.717, 1.165) is 47.5 Å². The quantitative estimate of drug-likeness (QED) is 0.402. The number of methoxy groups -OCH3 is 1. The Hall–Kier alpha value is -3.75. The van der Waals surface area contributed by atoms with Gasteiger partial charge < -0.3 is 19.0 Å². The molecule has 0 spiro atoms. The average Bonchev–Trinajstić information content (AvgIpc) is 3.16. The zero-order valence-corrected chi connectivity index (χ0v) is 19.5. The fraction of sp³-hybridized carbons (Fsp3) is 0.333. The smallest absolute Gasteiger partial charge is 0.194 e. The molecule has 2 aliphatic rings. The highest BCUT2D eigenvalue weighted by molar-refractivity contribution is 6.02. The van der Waals surface area contributed by atoms with Crippen molar-refractivity contribution in [3.63, 3.8) is 0 Å². The van der Waals surface area contributed by atoms with Crippen molar-refractivity contribution in [3.05, 3.63) is 82.7 Å². The van der Waals surface area contributed by atoms with E-state index in [-0.39, 0.29) is 20.1 Å². The van der Waals surface area contributed by atoms with Crippen LogP contribution < -0.4 is 4.74 Å². The van der Waals surface area contributed by atoms with Crippen LogP contribution in [0.1, 0.15) is 49.6 Å². The monoisotopic (exact) mass is 498 g/mol. The zero-order valence-electron chi connectivity index (χ0n) is 19.5. The van der Waals surface area contributed by atoms with Crippen molar-refractivity contribution >= 4 is 11.9 Å². The van der Waals surface area contributed by atoms with E-state index < -0.39 is 17.5 Å². The van der Waals surface area contributed by atoms with Gasteiger partial charge in [0, 0.05) is 19.2 Å². The van der Waals surface area contributed by atoms with Crippen molar-refractivity contribution < 1.29 is 22.7 Å². The van der Waals surface area contributed by atoms with Crippen LogP contribution >= 0.6 is 0 Å². The van der Waals surface area contributed by atoms with E-state index in [9.17, 15) is 13.2 Å². The third kappa shape index (κ3) is 4.82. The van der Waals surface area contributed by atoms with Gasteiger partial charge in [-0.2, -0.15) is 0 Å². The van der Waals surface area contributed by atoms with Gasteiger partial charge in [-0.15, -0.1) is 0 Å². The Kier molecular flexibility index (Phi) is 7.37. The first kappa shape index (κ1) is 25.3. The van der Waals surface area contributed by atoms with Gasteiger partial charge in [0.25, 0.3) is 0 Å². The molecule has 9 heteroatoms. The topological polar surface area (TPSA) is 51.9 Å². The number of halogens is 3. The number of oxime groups is 1. The molecule has 2 aliphatic heterocycles. The maximum absolute atomic E-state index is 14.0. The van der Waals surface area contributed by atoms with Crippen LogP contribution in [0.15, 0.2) is 53.6 Å². The molecule has 190 valence electrons. The second-order valence-corrected chi connectivity index (χ2v) is 8.67. The van der Waals surface area contributed by atoms with Crippen LogP contribution in [-0.2, 0) is 4.84 Å². The van der Waals surface area contributed by atoms with E-state index in [1.165, 1.54) is 0 Å². The number of piperidine rings is 1. The van der Waals surface area contributed by atoms with E-state index in [1.54, 1.807) is 13.4 Å². The summed E-state index contributed by atoms with van der Waals surface area (Å²) in [7, 11) is 1.62. The minimum Gasteiger partial charge on any atom is -0.495 e. The highest BCUT2D eigenvalue weighted by Gasteiger charge is 2.32. The summed E-state index contributed by atoms with van der Waals surface area (Å²) in [5, 5.41) is 4.34. The molecular formula is C27H29F3N4O2. The van der Waals surface area contributed by atoms with E-state index in [0.29, 0.717) is 30.1 Å². The molecule has 3 heterocycles. The Bertz CT molecular complexity index is 1300. The van der Waals surface area contributed by atoms with Gasteiger partial charge in [0.1, 0.15) is 12.4 Å². The number of aryl methyl sites for hydroxylation is 1. The Morgan fingerprint density at radius 2 is 1.92 bits per heavy atom. The molecule has 6 nitrogen and oxygen atoms in total. The number of benzene rings is 2. The molecule has 1 aromatic heterocycles. The summed E-state index contributed by atoms with van der Waals surface area (Å²) in [5.74, 6) is -2.54.